The van der Waals surface area contributed by atoms with Gasteiger partial charge in [-0.25, -0.2) is 4.79 Å². The van der Waals surface area contributed by atoms with Crippen molar-refractivity contribution in [3.05, 3.63) is 54.6 Å². The molecule has 3 amide bonds. The van der Waals surface area contributed by atoms with Gasteiger partial charge in [-0.1, -0.05) is 18.2 Å². The first-order valence-electron chi connectivity index (χ1n) is 8.35. The normalized spacial score (nSPS) is 14.1. The first-order valence-corrected chi connectivity index (χ1v) is 8.35. The molecule has 130 valence electrons. The number of nitrogens with one attached hydrogen (secondary N) is 2. The summed E-state index contributed by atoms with van der Waals surface area (Å²) in [5.41, 5.74) is 2.69. The Morgan fingerprint density at radius 3 is 2.00 bits per heavy atom. The maximum absolute atomic E-state index is 12.3. The second-order valence-corrected chi connectivity index (χ2v) is 6.00. The van der Waals surface area contributed by atoms with E-state index in [9.17, 15) is 9.59 Å². The molecule has 3 rings (SSSR count). The number of rotatable bonds is 3. The average Bonchev–Trinajstić information content (AvgIpc) is 2.63. The zero-order chi connectivity index (χ0) is 17.6. The topological polar surface area (TPSA) is 64.7 Å². The van der Waals surface area contributed by atoms with E-state index < -0.39 is 0 Å². The Morgan fingerprint density at radius 1 is 0.800 bits per heavy atom. The second kappa shape index (κ2) is 7.70. The molecule has 1 aliphatic rings. The van der Waals surface area contributed by atoms with Crippen molar-refractivity contribution in [2.75, 3.05) is 41.7 Å². The Kier molecular flexibility index (Phi) is 5.18. The summed E-state index contributed by atoms with van der Waals surface area (Å²) in [6.07, 6.45) is 0. The number of urea groups is 1. The first kappa shape index (κ1) is 16.8. The Balaban J connectivity index is 1.53. The zero-order valence-electron chi connectivity index (χ0n) is 14.2. The van der Waals surface area contributed by atoms with Gasteiger partial charge in [0, 0.05) is 50.2 Å². The molecule has 1 heterocycles. The fourth-order valence-corrected chi connectivity index (χ4v) is 2.85. The monoisotopic (exact) mass is 338 g/mol. The molecule has 6 heteroatoms. The summed E-state index contributed by atoms with van der Waals surface area (Å²) in [5, 5.41) is 5.68. The average molecular weight is 338 g/mol. The van der Waals surface area contributed by atoms with Crippen LogP contribution in [-0.4, -0.2) is 43.0 Å². The molecule has 0 spiro atoms. The van der Waals surface area contributed by atoms with Gasteiger partial charge in [-0.15, -0.1) is 0 Å². The third kappa shape index (κ3) is 4.50. The smallest absolute Gasteiger partial charge is 0.321 e. The standard InChI is InChI=1S/C19H22N4O2/c1-15(24)20-17-7-9-18(10-8-17)22-11-13-23(14-12-22)19(25)21-16-5-3-2-4-6-16/h2-10H,11-14H2,1H3,(H,20,24)(H,21,25). The van der Waals surface area contributed by atoms with Crippen molar-refractivity contribution in [1.29, 1.82) is 0 Å². The highest BCUT2D eigenvalue weighted by atomic mass is 16.2. The lowest BCUT2D eigenvalue weighted by atomic mass is 10.2. The summed E-state index contributed by atoms with van der Waals surface area (Å²) in [5.74, 6) is -0.0780. The third-order valence-electron chi connectivity index (χ3n) is 4.14. The maximum atomic E-state index is 12.3. The van der Waals surface area contributed by atoms with Crippen molar-refractivity contribution in [3.8, 4) is 0 Å². The predicted octanol–water partition coefficient (Wildman–Crippen LogP) is 3.00. The molecule has 25 heavy (non-hydrogen) atoms. The van der Waals surface area contributed by atoms with Crippen molar-refractivity contribution >= 4 is 29.0 Å². The molecule has 0 radical (unpaired) electrons. The van der Waals surface area contributed by atoms with Crippen LogP contribution < -0.4 is 15.5 Å². The van der Waals surface area contributed by atoms with Gasteiger partial charge < -0.3 is 20.4 Å². The first-order chi connectivity index (χ1) is 12.1. The predicted molar refractivity (Wildman–Crippen MR) is 100.0 cm³/mol. The lowest BCUT2D eigenvalue weighted by Gasteiger charge is -2.36. The minimum absolute atomic E-state index is 0.0631. The number of hydrogen-bond acceptors (Lipinski definition) is 3. The summed E-state index contributed by atoms with van der Waals surface area (Å²) in [7, 11) is 0. The van der Waals surface area contributed by atoms with E-state index in [0.29, 0.717) is 13.1 Å². The third-order valence-corrected chi connectivity index (χ3v) is 4.14. The summed E-state index contributed by atoms with van der Waals surface area (Å²) >= 11 is 0. The van der Waals surface area contributed by atoms with Crippen LogP contribution in [0.3, 0.4) is 0 Å². The van der Waals surface area contributed by atoms with Crippen molar-refractivity contribution in [3.63, 3.8) is 0 Å². The number of anilines is 3. The molecular formula is C19H22N4O2. The summed E-state index contributed by atoms with van der Waals surface area (Å²) < 4.78 is 0. The van der Waals surface area contributed by atoms with Gasteiger partial charge in [-0.3, -0.25) is 4.79 Å². The van der Waals surface area contributed by atoms with Crippen LogP contribution in [0.1, 0.15) is 6.92 Å². The van der Waals surface area contributed by atoms with E-state index in [1.807, 2.05) is 59.5 Å². The minimum atomic E-state index is -0.0780. The van der Waals surface area contributed by atoms with E-state index in [0.717, 1.165) is 30.2 Å². The fraction of sp³-hybridized carbons (Fsp3) is 0.263. The number of piperazine rings is 1. The van der Waals surface area contributed by atoms with Gasteiger partial charge in [0.05, 0.1) is 0 Å². The Bertz CT molecular complexity index is 723. The zero-order valence-corrected chi connectivity index (χ0v) is 14.2. The van der Waals surface area contributed by atoms with Crippen molar-refractivity contribution in [2.24, 2.45) is 0 Å². The molecule has 6 nitrogen and oxygen atoms in total. The highest BCUT2D eigenvalue weighted by Crippen LogP contribution is 2.20. The van der Waals surface area contributed by atoms with Crippen molar-refractivity contribution in [2.45, 2.75) is 6.92 Å². The van der Waals surface area contributed by atoms with Gasteiger partial charge in [-0.05, 0) is 36.4 Å². The number of nitrogens with zero attached hydrogens (tertiary/aromatic N) is 2. The molecular weight excluding hydrogens is 316 g/mol. The van der Waals surface area contributed by atoms with E-state index in [1.54, 1.807) is 0 Å². The Morgan fingerprint density at radius 2 is 1.40 bits per heavy atom. The fourth-order valence-electron chi connectivity index (χ4n) is 2.85. The minimum Gasteiger partial charge on any atom is -0.368 e. The maximum Gasteiger partial charge on any atom is 0.321 e. The molecule has 0 atom stereocenters. The molecule has 0 bridgehead atoms. The van der Waals surface area contributed by atoms with E-state index in [2.05, 4.69) is 15.5 Å². The quantitative estimate of drug-likeness (QED) is 0.904. The van der Waals surface area contributed by atoms with Crippen molar-refractivity contribution in [1.82, 2.24) is 4.90 Å². The van der Waals surface area contributed by atoms with Gasteiger partial charge in [-0.2, -0.15) is 0 Å². The van der Waals surface area contributed by atoms with Gasteiger partial charge in [0.1, 0.15) is 0 Å². The molecule has 0 aromatic heterocycles. The molecule has 2 N–H and O–H groups in total. The summed E-state index contributed by atoms with van der Waals surface area (Å²) in [4.78, 5) is 27.4. The number of carbonyl (C=O) groups is 2. The van der Waals surface area contributed by atoms with Crippen LogP contribution in [0, 0.1) is 0 Å². The highest BCUT2D eigenvalue weighted by molar-refractivity contribution is 5.89. The largest absolute Gasteiger partial charge is 0.368 e. The second-order valence-electron chi connectivity index (χ2n) is 6.00. The van der Waals surface area contributed by atoms with Crippen LogP contribution in [0.25, 0.3) is 0 Å². The van der Waals surface area contributed by atoms with Crippen LogP contribution in [0.4, 0.5) is 21.9 Å². The molecule has 1 aliphatic heterocycles. The molecule has 2 aromatic rings. The number of amides is 3. The Hall–Kier alpha value is -3.02. The number of carbonyl (C=O) groups excluding carboxylic acids is 2. The number of para-hydroxylation sites is 1. The van der Waals surface area contributed by atoms with Gasteiger partial charge >= 0.3 is 6.03 Å². The summed E-state index contributed by atoms with van der Waals surface area (Å²) in [6.45, 7) is 4.40. The lowest BCUT2D eigenvalue weighted by molar-refractivity contribution is -0.114. The van der Waals surface area contributed by atoms with Crippen LogP contribution in [0.15, 0.2) is 54.6 Å². The van der Waals surface area contributed by atoms with Gasteiger partial charge in [0.25, 0.3) is 0 Å². The lowest BCUT2D eigenvalue weighted by Crippen LogP contribution is -2.50. The number of hydrogen-bond donors (Lipinski definition) is 2. The molecule has 0 saturated carbocycles. The van der Waals surface area contributed by atoms with Crippen LogP contribution in [-0.2, 0) is 4.79 Å². The van der Waals surface area contributed by atoms with Gasteiger partial charge in [0.2, 0.25) is 5.91 Å². The van der Waals surface area contributed by atoms with E-state index in [4.69, 9.17) is 0 Å². The molecule has 1 fully saturated rings. The Labute approximate surface area is 147 Å². The summed E-state index contributed by atoms with van der Waals surface area (Å²) in [6, 6.07) is 17.2. The molecule has 0 aliphatic carbocycles. The van der Waals surface area contributed by atoms with E-state index >= 15 is 0 Å². The highest BCUT2D eigenvalue weighted by Gasteiger charge is 2.21. The van der Waals surface area contributed by atoms with Crippen LogP contribution in [0.5, 0.6) is 0 Å². The van der Waals surface area contributed by atoms with Crippen molar-refractivity contribution < 1.29 is 9.59 Å². The van der Waals surface area contributed by atoms with Crippen LogP contribution >= 0.6 is 0 Å². The number of benzene rings is 2. The molecule has 2 aromatic carbocycles. The SMILES string of the molecule is CC(=O)Nc1ccc(N2CCN(C(=O)Nc3ccccc3)CC2)cc1. The molecule has 0 unspecified atom stereocenters. The van der Waals surface area contributed by atoms with E-state index in [1.165, 1.54) is 6.92 Å². The van der Waals surface area contributed by atoms with E-state index in [-0.39, 0.29) is 11.9 Å². The molecule has 1 saturated heterocycles. The van der Waals surface area contributed by atoms with Crippen LogP contribution in [0.2, 0.25) is 0 Å². The van der Waals surface area contributed by atoms with Gasteiger partial charge in [0.15, 0.2) is 0 Å².